The molecule has 2 aliphatic heterocycles. The van der Waals surface area contributed by atoms with Gasteiger partial charge in [-0.3, -0.25) is 10.2 Å². The van der Waals surface area contributed by atoms with E-state index in [2.05, 4.69) is 65.6 Å². The zero-order valence-electron chi connectivity index (χ0n) is 21.4. The van der Waals surface area contributed by atoms with E-state index in [1.165, 1.54) is 22.3 Å². The van der Waals surface area contributed by atoms with E-state index in [0.717, 1.165) is 14.4 Å². The molecule has 4 rings (SSSR count). The van der Waals surface area contributed by atoms with Crippen LogP contribution in [-0.4, -0.2) is 47.3 Å². The molecule has 0 atom stereocenters. The van der Waals surface area contributed by atoms with Crippen molar-refractivity contribution in [1.82, 2.24) is 5.01 Å². The van der Waals surface area contributed by atoms with Crippen LogP contribution in [0.4, 0.5) is 0 Å². The number of hydrogen-bond donors (Lipinski definition) is 1. The van der Waals surface area contributed by atoms with E-state index < -0.39 is 5.91 Å². The van der Waals surface area contributed by atoms with Crippen LogP contribution >= 0.6 is 34.4 Å². The summed E-state index contributed by atoms with van der Waals surface area (Å²) in [6.45, 7) is 9.21. The molecule has 0 spiro atoms. The third-order valence-electron chi connectivity index (χ3n) is 5.68. The Morgan fingerprint density at radius 1 is 1.14 bits per heavy atom. The minimum absolute atomic E-state index is 0.00735. The van der Waals surface area contributed by atoms with E-state index in [9.17, 15) is 4.79 Å². The normalized spacial score (nSPS) is 16.5. The van der Waals surface area contributed by atoms with Crippen LogP contribution in [0.1, 0.15) is 45.2 Å². The number of nitrogens with zero attached hydrogens (tertiary/aromatic N) is 3. The predicted molar refractivity (Wildman–Crippen MR) is 157 cm³/mol. The van der Waals surface area contributed by atoms with Crippen LogP contribution in [0.15, 0.2) is 52.1 Å². The summed E-state index contributed by atoms with van der Waals surface area (Å²) in [7, 11) is 1.56. The number of aliphatic imine (C=N–C) groups is 1. The zero-order chi connectivity index (χ0) is 26.7. The number of methoxy groups -OCH3 is 1. The zero-order valence-corrected chi connectivity index (χ0v) is 24.4. The number of amidine groups is 2. The number of thioether (sulfide) groups is 1. The SMILES string of the molecule is CCC1=NN2C(=N)C(=Cc3cc(I)c(OCCOc4ccc(C(C)(C)C)cc4)c(OC)c3)C(=O)N=C2S1. The number of benzene rings is 2. The van der Waals surface area contributed by atoms with Crippen LogP contribution in [0.3, 0.4) is 0 Å². The highest BCUT2D eigenvalue weighted by atomic mass is 127. The van der Waals surface area contributed by atoms with Crippen LogP contribution in [0.5, 0.6) is 17.2 Å². The molecular formula is C27H29IN4O4S. The van der Waals surface area contributed by atoms with Gasteiger partial charge >= 0.3 is 0 Å². The minimum Gasteiger partial charge on any atom is -0.493 e. The molecule has 2 aromatic rings. The van der Waals surface area contributed by atoms with Gasteiger partial charge in [0.2, 0.25) is 5.17 Å². The number of hydrazone groups is 1. The molecule has 1 amide bonds. The van der Waals surface area contributed by atoms with E-state index in [1.54, 1.807) is 19.3 Å². The summed E-state index contributed by atoms with van der Waals surface area (Å²) in [4.78, 5) is 16.8. The van der Waals surface area contributed by atoms with E-state index in [4.69, 9.17) is 19.6 Å². The number of carbonyl (C=O) groups excluding carboxylic acids is 1. The van der Waals surface area contributed by atoms with Gasteiger partial charge in [-0.2, -0.15) is 15.1 Å². The number of ether oxygens (including phenoxy) is 3. The van der Waals surface area contributed by atoms with E-state index in [1.807, 2.05) is 25.1 Å². The summed E-state index contributed by atoms with van der Waals surface area (Å²) < 4.78 is 18.2. The lowest BCUT2D eigenvalue weighted by Crippen LogP contribution is -2.35. The Morgan fingerprint density at radius 2 is 1.84 bits per heavy atom. The molecule has 2 aromatic carbocycles. The van der Waals surface area contributed by atoms with Crippen molar-refractivity contribution in [1.29, 1.82) is 5.41 Å². The van der Waals surface area contributed by atoms with Gasteiger partial charge in [-0.15, -0.1) is 0 Å². The van der Waals surface area contributed by atoms with Gasteiger partial charge in [0.1, 0.15) is 24.0 Å². The van der Waals surface area contributed by atoms with Crippen molar-refractivity contribution < 1.29 is 19.0 Å². The first-order valence-corrected chi connectivity index (χ1v) is 13.7. The quantitative estimate of drug-likeness (QED) is 0.215. The van der Waals surface area contributed by atoms with Crippen molar-refractivity contribution in [3.8, 4) is 17.2 Å². The Bertz CT molecular complexity index is 1310. The second kappa shape index (κ2) is 11.3. The maximum atomic E-state index is 12.7. The molecule has 2 heterocycles. The molecule has 2 aliphatic rings. The van der Waals surface area contributed by atoms with Gasteiger partial charge in [0, 0.05) is 0 Å². The molecule has 194 valence electrons. The summed E-state index contributed by atoms with van der Waals surface area (Å²) in [5.74, 6) is 1.45. The fraction of sp³-hybridized carbons (Fsp3) is 0.333. The average Bonchev–Trinajstić information content (AvgIpc) is 3.28. The number of amides is 1. The first-order chi connectivity index (χ1) is 17.6. The summed E-state index contributed by atoms with van der Waals surface area (Å²) in [5.41, 5.74) is 2.21. The summed E-state index contributed by atoms with van der Waals surface area (Å²) >= 11 is 3.49. The van der Waals surface area contributed by atoms with E-state index in [0.29, 0.717) is 41.9 Å². The predicted octanol–water partition coefficient (Wildman–Crippen LogP) is 6.08. The minimum atomic E-state index is -0.460. The third kappa shape index (κ3) is 6.18. The van der Waals surface area contributed by atoms with Crippen LogP contribution in [0.2, 0.25) is 0 Å². The fourth-order valence-electron chi connectivity index (χ4n) is 3.66. The molecule has 10 heteroatoms. The van der Waals surface area contributed by atoms with E-state index in [-0.39, 0.29) is 16.8 Å². The smallest absolute Gasteiger partial charge is 0.283 e. The lowest BCUT2D eigenvalue weighted by atomic mass is 9.87. The largest absolute Gasteiger partial charge is 0.493 e. The molecule has 0 saturated heterocycles. The number of fused-ring (bicyclic) bond motifs is 1. The second-order valence-electron chi connectivity index (χ2n) is 9.37. The molecule has 0 aliphatic carbocycles. The topological polar surface area (TPSA) is 96.6 Å². The highest BCUT2D eigenvalue weighted by molar-refractivity contribution is 14.1. The highest BCUT2D eigenvalue weighted by Crippen LogP contribution is 2.36. The lowest BCUT2D eigenvalue weighted by Gasteiger charge is -2.20. The monoisotopic (exact) mass is 632 g/mol. The molecule has 0 bridgehead atoms. The average molecular weight is 633 g/mol. The molecule has 0 aromatic heterocycles. The Balaban J connectivity index is 1.44. The Labute approximate surface area is 234 Å². The van der Waals surface area contributed by atoms with Crippen LogP contribution < -0.4 is 14.2 Å². The highest BCUT2D eigenvalue weighted by Gasteiger charge is 2.35. The molecular weight excluding hydrogens is 603 g/mol. The second-order valence-corrected chi connectivity index (χ2v) is 11.6. The van der Waals surface area contributed by atoms with Gasteiger partial charge in [-0.05, 0) is 87.7 Å². The molecule has 37 heavy (non-hydrogen) atoms. The molecule has 0 unspecified atom stereocenters. The van der Waals surface area contributed by atoms with Crippen molar-refractivity contribution in [3.63, 3.8) is 0 Å². The third-order valence-corrected chi connectivity index (χ3v) is 7.53. The molecule has 0 saturated carbocycles. The van der Waals surface area contributed by atoms with Crippen LogP contribution in [-0.2, 0) is 10.2 Å². The number of rotatable bonds is 8. The van der Waals surface area contributed by atoms with Gasteiger partial charge in [0.05, 0.1) is 16.3 Å². The van der Waals surface area contributed by atoms with Gasteiger partial charge < -0.3 is 14.2 Å². The maximum Gasteiger partial charge on any atom is 0.283 e. The Hall–Kier alpha value is -2.86. The molecule has 0 fully saturated rings. The number of halogens is 1. The molecule has 1 N–H and O–H groups in total. The van der Waals surface area contributed by atoms with Gasteiger partial charge in [0.25, 0.3) is 5.91 Å². The van der Waals surface area contributed by atoms with Crippen molar-refractivity contribution in [3.05, 3.63) is 56.7 Å². The maximum absolute atomic E-state index is 12.7. The van der Waals surface area contributed by atoms with Gasteiger partial charge in [0.15, 0.2) is 17.3 Å². The van der Waals surface area contributed by atoms with Crippen molar-refractivity contribution in [2.75, 3.05) is 20.3 Å². The summed E-state index contributed by atoms with van der Waals surface area (Å²) in [6, 6.07) is 11.7. The Morgan fingerprint density at radius 3 is 2.49 bits per heavy atom. The van der Waals surface area contributed by atoms with Crippen molar-refractivity contribution in [2.45, 2.75) is 39.5 Å². The fourth-order valence-corrected chi connectivity index (χ4v) is 5.26. The van der Waals surface area contributed by atoms with Gasteiger partial charge in [-0.25, -0.2) is 0 Å². The summed E-state index contributed by atoms with van der Waals surface area (Å²) in [5, 5.41) is 15.5. The molecule has 8 nitrogen and oxygen atoms in total. The lowest BCUT2D eigenvalue weighted by molar-refractivity contribution is -0.114. The standard InChI is InChI=1S/C27H29IN4O4S/c1-6-22-31-32-24(29)19(25(33)30-26(32)37-22)13-16-14-20(28)23(21(15-16)34-5)36-12-11-35-18-9-7-17(8-10-18)27(2,3)4/h7-10,13-15,29H,6,11-12H2,1-5H3. The number of hydrogen-bond acceptors (Lipinski definition) is 7. The first-order valence-electron chi connectivity index (χ1n) is 11.8. The summed E-state index contributed by atoms with van der Waals surface area (Å²) in [6.07, 6.45) is 2.35. The van der Waals surface area contributed by atoms with Crippen molar-refractivity contribution >= 4 is 62.4 Å². The van der Waals surface area contributed by atoms with Crippen LogP contribution in [0.25, 0.3) is 6.08 Å². The molecule has 0 radical (unpaired) electrons. The number of carbonyl (C=O) groups is 1. The number of nitrogens with one attached hydrogen (secondary N) is 1. The van der Waals surface area contributed by atoms with Crippen LogP contribution in [0, 0.1) is 8.98 Å². The van der Waals surface area contributed by atoms with Crippen molar-refractivity contribution in [2.24, 2.45) is 10.1 Å². The first kappa shape index (κ1) is 27.2. The van der Waals surface area contributed by atoms with Gasteiger partial charge in [-0.1, -0.05) is 39.8 Å². The Kier molecular flexibility index (Phi) is 8.27. The van der Waals surface area contributed by atoms with E-state index >= 15 is 0 Å².